The fraction of sp³-hybridized carbons (Fsp3) is 0.571. The van der Waals surface area contributed by atoms with Gasteiger partial charge in [-0.2, -0.15) is 0 Å². The van der Waals surface area contributed by atoms with Crippen molar-refractivity contribution >= 4 is 0 Å². The van der Waals surface area contributed by atoms with Crippen molar-refractivity contribution in [3.63, 3.8) is 0 Å². The maximum absolute atomic E-state index is 9.68. The Morgan fingerprint density at radius 3 is 3.00 bits per heavy atom. The van der Waals surface area contributed by atoms with Crippen molar-refractivity contribution < 1.29 is 9.84 Å². The minimum absolute atomic E-state index is 0.112. The molecule has 0 bridgehead atoms. The van der Waals surface area contributed by atoms with Crippen LogP contribution in [-0.2, 0) is 11.2 Å². The van der Waals surface area contributed by atoms with E-state index in [1.54, 1.807) is 0 Å². The van der Waals surface area contributed by atoms with Crippen LogP contribution in [0.4, 0.5) is 0 Å². The van der Waals surface area contributed by atoms with Crippen LogP contribution in [-0.4, -0.2) is 37.0 Å². The molecule has 0 saturated carbocycles. The zero-order chi connectivity index (χ0) is 12.1. The molecular weight excluding hydrogens is 214 g/mol. The fourth-order valence-electron chi connectivity index (χ4n) is 2.29. The normalized spacial score (nSPS) is 25.5. The van der Waals surface area contributed by atoms with Gasteiger partial charge in [0, 0.05) is 6.61 Å². The minimum atomic E-state index is -0.317. The van der Waals surface area contributed by atoms with Crippen molar-refractivity contribution in [3.05, 3.63) is 35.4 Å². The molecule has 0 amide bonds. The monoisotopic (exact) mass is 235 g/mol. The number of aryl methyl sites for hydroxylation is 1. The van der Waals surface area contributed by atoms with Crippen LogP contribution in [0.3, 0.4) is 0 Å². The van der Waals surface area contributed by atoms with Gasteiger partial charge < -0.3 is 15.2 Å². The molecule has 1 unspecified atom stereocenters. The van der Waals surface area contributed by atoms with Crippen molar-refractivity contribution in [2.45, 2.75) is 25.3 Å². The first-order chi connectivity index (χ1) is 8.26. The molecule has 1 aliphatic heterocycles. The maximum atomic E-state index is 9.68. The summed E-state index contributed by atoms with van der Waals surface area (Å²) in [5, 5.41) is 13.1. The highest BCUT2D eigenvalue weighted by Gasteiger charge is 2.31. The molecule has 0 aliphatic carbocycles. The van der Waals surface area contributed by atoms with Crippen molar-refractivity contribution in [2.24, 2.45) is 0 Å². The van der Waals surface area contributed by atoms with Crippen molar-refractivity contribution in [3.8, 4) is 0 Å². The number of rotatable bonds is 3. The summed E-state index contributed by atoms with van der Waals surface area (Å²) in [5.41, 5.74) is 2.23. The molecule has 1 aromatic rings. The summed E-state index contributed by atoms with van der Waals surface area (Å²) in [6.45, 7) is 4.49. The molecule has 3 heteroatoms. The highest BCUT2D eigenvalue weighted by molar-refractivity contribution is 5.27. The van der Waals surface area contributed by atoms with Gasteiger partial charge in [-0.25, -0.2) is 0 Å². The van der Waals surface area contributed by atoms with Gasteiger partial charge in [0.05, 0.1) is 18.8 Å². The van der Waals surface area contributed by atoms with E-state index < -0.39 is 0 Å². The van der Waals surface area contributed by atoms with Crippen molar-refractivity contribution in [1.29, 1.82) is 0 Å². The van der Waals surface area contributed by atoms with Crippen LogP contribution < -0.4 is 5.32 Å². The second-order valence-electron chi connectivity index (χ2n) is 4.87. The predicted molar refractivity (Wildman–Crippen MR) is 68.1 cm³/mol. The van der Waals surface area contributed by atoms with Gasteiger partial charge in [-0.3, -0.25) is 0 Å². The van der Waals surface area contributed by atoms with Crippen LogP contribution >= 0.6 is 0 Å². The van der Waals surface area contributed by atoms with E-state index in [4.69, 9.17) is 4.74 Å². The van der Waals surface area contributed by atoms with Crippen LogP contribution in [0.5, 0.6) is 0 Å². The largest absolute Gasteiger partial charge is 0.394 e. The van der Waals surface area contributed by atoms with Crippen molar-refractivity contribution in [1.82, 2.24) is 5.32 Å². The molecule has 94 valence electrons. The van der Waals surface area contributed by atoms with Crippen LogP contribution in [0.1, 0.15) is 17.5 Å². The summed E-state index contributed by atoms with van der Waals surface area (Å²) in [6.07, 6.45) is 1.83. The average Bonchev–Trinajstić information content (AvgIpc) is 2.58. The standard InChI is InChI=1S/C14H21NO2/c1-12-5-2-3-6-13(12)9-14(10-16)11-17-8-4-7-15-14/h2-3,5-6,15-16H,4,7-11H2,1H3. The number of ether oxygens (including phenoxy) is 1. The van der Waals surface area contributed by atoms with E-state index in [-0.39, 0.29) is 12.1 Å². The quantitative estimate of drug-likeness (QED) is 0.829. The van der Waals surface area contributed by atoms with Gasteiger partial charge >= 0.3 is 0 Å². The summed E-state index contributed by atoms with van der Waals surface area (Å²) in [5.74, 6) is 0. The first kappa shape index (κ1) is 12.6. The Labute approximate surface area is 103 Å². The zero-order valence-corrected chi connectivity index (χ0v) is 10.4. The molecule has 17 heavy (non-hydrogen) atoms. The third kappa shape index (κ3) is 3.06. The summed E-state index contributed by atoms with van der Waals surface area (Å²) < 4.78 is 5.59. The van der Waals surface area contributed by atoms with E-state index in [9.17, 15) is 5.11 Å². The molecule has 2 rings (SSSR count). The van der Waals surface area contributed by atoms with Gasteiger partial charge in [0.1, 0.15) is 0 Å². The van der Waals surface area contributed by atoms with Gasteiger partial charge in [0.2, 0.25) is 0 Å². The second-order valence-corrected chi connectivity index (χ2v) is 4.87. The fourth-order valence-corrected chi connectivity index (χ4v) is 2.29. The van der Waals surface area contributed by atoms with E-state index in [2.05, 4.69) is 24.4 Å². The predicted octanol–water partition coefficient (Wildman–Crippen LogP) is 1.28. The minimum Gasteiger partial charge on any atom is -0.394 e. The summed E-state index contributed by atoms with van der Waals surface area (Å²) in [4.78, 5) is 0. The van der Waals surface area contributed by atoms with Gasteiger partial charge in [0.25, 0.3) is 0 Å². The molecule has 0 aromatic heterocycles. The molecule has 1 aliphatic rings. The molecule has 1 saturated heterocycles. The number of aliphatic hydroxyl groups is 1. The Bertz CT molecular complexity index is 357. The van der Waals surface area contributed by atoms with Crippen LogP contribution in [0.25, 0.3) is 0 Å². The summed E-state index contributed by atoms with van der Waals surface area (Å²) >= 11 is 0. The third-order valence-corrected chi connectivity index (χ3v) is 3.44. The number of aliphatic hydroxyl groups excluding tert-OH is 1. The molecule has 2 N–H and O–H groups in total. The van der Waals surface area contributed by atoms with Crippen molar-refractivity contribution in [2.75, 3.05) is 26.4 Å². The topological polar surface area (TPSA) is 41.5 Å². The summed E-state index contributed by atoms with van der Waals surface area (Å²) in [6, 6.07) is 8.32. The average molecular weight is 235 g/mol. The van der Waals surface area contributed by atoms with E-state index >= 15 is 0 Å². The summed E-state index contributed by atoms with van der Waals surface area (Å²) in [7, 11) is 0. The van der Waals surface area contributed by atoms with E-state index in [1.807, 2.05) is 12.1 Å². The van der Waals surface area contributed by atoms with Gasteiger partial charge in [-0.05, 0) is 37.4 Å². The molecule has 1 heterocycles. The Balaban J connectivity index is 2.15. The van der Waals surface area contributed by atoms with Gasteiger partial charge in [-0.15, -0.1) is 0 Å². The van der Waals surface area contributed by atoms with Gasteiger partial charge in [0.15, 0.2) is 0 Å². The lowest BCUT2D eigenvalue weighted by molar-refractivity contribution is 0.0566. The second kappa shape index (κ2) is 5.63. The number of hydrogen-bond donors (Lipinski definition) is 2. The molecule has 1 fully saturated rings. The first-order valence-corrected chi connectivity index (χ1v) is 6.24. The SMILES string of the molecule is Cc1ccccc1CC1(CO)COCCCN1. The molecule has 1 atom stereocenters. The molecule has 0 spiro atoms. The smallest absolute Gasteiger partial charge is 0.0691 e. The number of hydrogen-bond acceptors (Lipinski definition) is 3. The van der Waals surface area contributed by atoms with Crippen LogP contribution in [0.2, 0.25) is 0 Å². The van der Waals surface area contributed by atoms with E-state index in [0.717, 1.165) is 26.0 Å². The maximum Gasteiger partial charge on any atom is 0.0691 e. The lowest BCUT2D eigenvalue weighted by Gasteiger charge is -2.31. The first-order valence-electron chi connectivity index (χ1n) is 6.24. The van der Waals surface area contributed by atoms with Crippen LogP contribution in [0, 0.1) is 6.92 Å². The Morgan fingerprint density at radius 1 is 1.41 bits per heavy atom. The Hall–Kier alpha value is -0.900. The highest BCUT2D eigenvalue weighted by Crippen LogP contribution is 2.18. The molecule has 3 nitrogen and oxygen atoms in total. The molecule has 0 radical (unpaired) electrons. The Morgan fingerprint density at radius 2 is 2.24 bits per heavy atom. The van der Waals surface area contributed by atoms with E-state index in [0.29, 0.717) is 6.61 Å². The molecular formula is C14H21NO2. The zero-order valence-electron chi connectivity index (χ0n) is 10.4. The Kier molecular flexibility index (Phi) is 4.15. The lowest BCUT2D eigenvalue weighted by Crippen LogP contribution is -2.53. The highest BCUT2D eigenvalue weighted by atomic mass is 16.5. The van der Waals surface area contributed by atoms with E-state index in [1.165, 1.54) is 11.1 Å². The van der Waals surface area contributed by atoms with Gasteiger partial charge in [-0.1, -0.05) is 24.3 Å². The third-order valence-electron chi connectivity index (χ3n) is 3.44. The lowest BCUT2D eigenvalue weighted by atomic mass is 9.90. The number of nitrogens with one attached hydrogen (secondary N) is 1. The molecule has 1 aromatic carbocycles. The number of benzene rings is 1. The van der Waals surface area contributed by atoms with Crippen LogP contribution in [0.15, 0.2) is 24.3 Å².